The van der Waals surface area contributed by atoms with Gasteiger partial charge in [-0.1, -0.05) is 19.9 Å². The molecule has 82 valence electrons. The average molecular weight is 209 g/mol. The van der Waals surface area contributed by atoms with Gasteiger partial charge in [-0.05, 0) is 11.6 Å². The second-order valence-electron chi connectivity index (χ2n) is 3.92. The van der Waals surface area contributed by atoms with Crippen LogP contribution in [-0.2, 0) is 14.9 Å². The lowest BCUT2D eigenvalue weighted by molar-refractivity contribution is -0.152. The van der Waals surface area contributed by atoms with Gasteiger partial charge in [0.05, 0.1) is 0 Å². The SMILES string of the molecule is COC(C(=O)O)C(C)(C)c1cccnc1. The second kappa shape index (κ2) is 4.40. The zero-order chi connectivity index (χ0) is 11.5. The van der Waals surface area contributed by atoms with E-state index in [1.807, 2.05) is 19.9 Å². The maximum absolute atomic E-state index is 11.0. The molecule has 1 aromatic heterocycles. The highest BCUT2D eigenvalue weighted by molar-refractivity contribution is 5.74. The standard InChI is InChI=1S/C11H15NO3/c1-11(2,9(15-3)10(13)14)8-5-4-6-12-7-8/h4-7,9H,1-3H3,(H,13,14). The van der Waals surface area contributed by atoms with Crippen LogP contribution in [0.1, 0.15) is 19.4 Å². The number of carbonyl (C=O) groups is 1. The first kappa shape index (κ1) is 11.7. The van der Waals surface area contributed by atoms with Gasteiger partial charge < -0.3 is 9.84 Å². The summed E-state index contributed by atoms with van der Waals surface area (Å²) >= 11 is 0. The Labute approximate surface area is 88.9 Å². The predicted molar refractivity (Wildman–Crippen MR) is 55.7 cm³/mol. The Morgan fingerprint density at radius 1 is 1.60 bits per heavy atom. The first-order valence-electron chi connectivity index (χ1n) is 4.66. The van der Waals surface area contributed by atoms with E-state index in [2.05, 4.69) is 4.98 Å². The van der Waals surface area contributed by atoms with E-state index in [9.17, 15) is 4.79 Å². The number of nitrogens with zero attached hydrogens (tertiary/aromatic N) is 1. The van der Waals surface area contributed by atoms with Crippen LogP contribution in [0.15, 0.2) is 24.5 Å². The fraction of sp³-hybridized carbons (Fsp3) is 0.455. The van der Waals surface area contributed by atoms with E-state index in [1.165, 1.54) is 7.11 Å². The van der Waals surface area contributed by atoms with Crippen molar-refractivity contribution in [3.8, 4) is 0 Å². The third-order valence-corrected chi connectivity index (χ3v) is 2.52. The summed E-state index contributed by atoms with van der Waals surface area (Å²) in [4.78, 5) is 15.0. The molecule has 4 nitrogen and oxygen atoms in total. The number of pyridine rings is 1. The van der Waals surface area contributed by atoms with Crippen molar-refractivity contribution < 1.29 is 14.6 Å². The lowest BCUT2D eigenvalue weighted by atomic mass is 9.80. The van der Waals surface area contributed by atoms with Crippen molar-refractivity contribution in [2.24, 2.45) is 0 Å². The van der Waals surface area contributed by atoms with Gasteiger partial charge in [-0.2, -0.15) is 0 Å². The highest BCUT2D eigenvalue weighted by Gasteiger charge is 2.37. The Bertz CT molecular complexity index is 335. The number of hydrogen-bond acceptors (Lipinski definition) is 3. The van der Waals surface area contributed by atoms with Crippen LogP contribution in [0.2, 0.25) is 0 Å². The summed E-state index contributed by atoms with van der Waals surface area (Å²) in [7, 11) is 1.40. The molecule has 1 N–H and O–H groups in total. The van der Waals surface area contributed by atoms with Crippen molar-refractivity contribution in [2.75, 3.05) is 7.11 Å². The molecule has 0 aromatic carbocycles. The summed E-state index contributed by atoms with van der Waals surface area (Å²) in [5.74, 6) is -0.966. The normalized spacial score (nSPS) is 13.5. The first-order valence-corrected chi connectivity index (χ1v) is 4.66. The molecular weight excluding hydrogens is 194 g/mol. The quantitative estimate of drug-likeness (QED) is 0.815. The molecule has 0 fully saturated rings. The molecule has 1 aromatic rings. The summed E-state index contributed by atoms with van der Waals surface area (Å²) in [6.45, 7) is 3.65. The number of methoxy groups -OCH3 is 1. The van der Waals surface area contributed by atoms with Gasteiger partial charge in [0.15, 0.2) is 6.10 Å². The molecule has 1 atom stereocenters. The Morgan fingerprint density at radius 2 is 2.27 bits per heavy atom. The Balaban J connectivity index is 3.05. The van der Waals surface area contributed by atoms with Crippen LogP contribution >= 0.6 is 0 Å². The van der Waals surface area contributed by atoms with Gasteiger partial charge in [0.1, 0.15) is 0 Å². The monoisotopic (exact) mass is 209 g/mol. The van der Waals surface area contributed by atoms with Gasteiger partial charge in [0.2, 0.25) is 0 Å². The summed E-state index contributed by atoms with van der Waals surface area (Å²) in [5, 5.41) is 9.02. The summed E-state index contributed by atoms with van der Waals surface area (Å²) in [6, 6.07) is 3.63. The molecule has 0 saturated carbocycles. The predicted octanol–water partition coefficient (Wildman–Crippen LogP) is 1.46. The second-order valence-corrected chi connectivity index (χ2v) is 3.92. The molecule has 0 aliphatic carbocycles. The maximum atomic E-state index is 11.0. The van der Waals surface area contributed by atoms with Gasteiger partial charge in [-0.3, -0.25) is 4.98 Å². The van der Waals surface area contributed by atoms with E-state index >= 15 is 0 Å². The van der Waals surface area contributed by atoms with Crippen molar-refractivity contribution in [3.63, 3.8) is 0 Å². The van der Waals surface area contributed by atoms with Crippen LogP contribution in [0.25, 0.3) is 0 Å². The molecule has 15 heavy (non-hydrogen) atoms. The highest BCUT2D eigenvalue weighted by Crippen LogP contribution is 2.28. The van der Waals surface area contributed by atoms with Crippen molar-refractivity contribution in [2.45, 2.75) is 25.4 Å². The number of rotatable bonds is 4. The molecule has 1 rings (SSSR count). The van der Waals surface area contributed by atoms with E-state index in [0.29, 0.717) is 0 Å². The van der Waals surface area contributed by atoms with Gasteiger partial charge in [-0.25, -0.2) is 4.79 Å². The summed E-state index contributed by atoms with van der Waals surface area (Å²) < 4.78 is 5.00. The van der Waals surface area contributed by atoms with E-state index in [-0.39, 0.29) is 0 Å². The number of aliphatic carboxylic acids is 1. The highest BCUT2D eigenvalue weighted by atomic mass is 16.5. The maximum Gasteiger partial charge on any atom is 0.333 e. The lowest BCUT2D eigenvalue weighted by Gasteiger charge is -2.30. The molecule has 0 aliphatic rings. The van der Waals surface area contributed by atoms with Crippen molar-refractivity contribution in [1.82, 2.24) is 4.98 Å². The molecule has 0 amide bonds. The molecule has 0 radical (unpaired) electrons. The lowest BCUT2D eigenvalue weighted by Crippen LogP contribution is -2.41. The van der Waals surface area contributed by atoms with Gasteiger partial charge in [0.25, 0.3) is 0 Å². The fourth-order valence-corrected chi connectivity index (χ4v) is 1.60. The van der Waals surface area contributed by atoms with E-state index < -0.39 is 17.5 Å². The largest absolute Gasteiger partial charge is 0.479 e. The number of carboxylic acids is 1. The third-order valence-electron chi connectivity index (χ3n) is 2.52. The van der Waals surface area contributed by atoms with Crippen molar-refractivity contribution in [3.05, 3.63) is 30.1 Å². The van der Waals surface area contributed by atoms with Crippen molar-refractivity contribution in [1.29, 1.82) is 0 Å². The molecule has 0 aliphatic heterocycles. The van der Waals surface area contributed by atoms with Gasteiger partial charge in [-0.15, -0.1) is 0 Å². The number of carboxylic acid groups (broad SMARTS) is 1. The average Bonchev–Trinajstić information content (AvgIpc) is 2.19. The van der Waals surface area contributed by atoms with Crippen LogP contribution in [-0.4, -0.2) is 29.3 Å². The van der Waals surface area contributed by atoms with E-state index in [0.717, 1.165) is 5.56 Å². The first-order chi connectivity index (χ1) is 7.00. The zero-order valence-electron chi connectivity index (χ0n) is 9.10. The summed E-state index contributed by atoms with van der Waals surface area (Å²) in [6.07, 6.45) is 2.44. The number of hydrogen-bond donors (Lipinski definition) is 1. The Kier molecular flexibility index (Phi) is 3.42. The van der Waals surface area contributed by atoms with Gasteiger partial charge in [0, 0.05) is 24.9 Å². The molecule has 0 saturated heterocycles. The van der Waals surface area contributed by atoms with Crippen molar-refractivity contribution >= 4 is 5.97 Å². The summed E-state index contributed by atoms with van der Waals surface area (Å²) in [5.41, 5.74) is 0.244. The topological polar surface area (TPSA) is 59.4 Å². The van der Waals surface area contributed by atoms with Crippen LogP contribution < -0.4 is 0 Å². The zero-order valence-corrected chi connectivity index (χ0v) is 9.10. The molecule has 1 unspecified atom stereocenters. The molecule has 1 heterocycles. The molecule has 0 bridgehead atoms. The van der Waals surface area contributed by atoms with Crippen LogP contribution in [0, 0.1) is 0 Å². The number of aromatic nitrogens is 1. The van der Waals surface area contributed by atoms with Gasteiger partial charge >= 0.3 is 5.97 Å². The third kappa shape index (κ3) is 2.33. The minimum atomic E-state index is -0.966. The van der Waals surface area contributed by atoms with E-state index in [4.69, 9.17) is 9.84 Å². The van der Waals surface area contributed by atoms with Crippen LogP contribution in [0.4, 0.5) is 0 Å². The minimum Gasteiger partial charge on any atom is -0.479 e. The molecule has 0 spiro atoms. The van der Waals surface area contributed by atoms with Crippen LogP contribution in [0.5, 0.6) is 0 Å². The smallest absolute Gasteiger partial charge is 0.333 e. The number of ether oxygens (including phenoxy) is 1. The van der Waals surface area contributed by atoms with Crippen LogP contribution in [0.3, 0.4) is 0 Å². The minimum absolute atomic E-state index is 0.602. The molecule has 4 heteroatoms. The van der Waals surface area contributed by atoms with E-state index in [1.54, 1.807) is 18.5 Å². The molecular formula is C11H15NO3. The fourth-order valence-electron chi connectivity index (χ4n) is 1.60. The Hall–Kier alpha value is -1.42. The Morgan fingerprint density at radius 3 is 2.67 bits per heavy atom.